The monoisotopic (exact) mass is 354 g/mol. The van der Waals surface area contributed by atoms with Crippen LogP contribution in [0.4, 0.5) is 5.69 Å². The summed E-state index contributed by atoms with van der Waals surface area (Å²) in [7, 11) is 0. The summed E-state index contributed by atoms with van der Waals surface area (Å²) in [5.41, 5.74) is 3.53. The third-order valence-corrected chi connectivity index (χ3v) is 5.35. The van der Waals surface area contributed by atoms with E-state index in [0.29, 0.717) is 18.8 Å². The fraction of sp³-hybridized carbons (Fsp3) is 0.500. The molecule has 26 heavy (non-hydrogen) atoms. The first-order valence-corrected chi connectivity index (χ1v) is 9.31. The summed E-state index contributed by atoms with van der Waals surface area (Å²) in [6.45, 7) is 6.09. The van der Waals surface area contributed by atoms with Crippen LogP contribution in [0.25, 0.3) is 0 Å². The van der Waals surface area contributed by atoms with E-state index in [2.05, 4.69) is 46.7 Å². The molecule has 138 valence electrons. The van der Waals surface area contributed by atoms with Crippen LogP contribution in [-0.2, 0) is 4.74 Å². The van der Waals surface area contributed by atoms with E-state index in [4.69, 9.17) is 4.74 Å². The van der Waals surface area contributed by atoms with Gasteiger partial charge >= 0.3 is 0 Å². The molecule has 0 aliphatic carbocycles. The van der Waals surface area contributed by atoms with Crippen LogP contribution in [-0.4, -0.2) is 52.3 Å². The summed E-state index contributed by atoms with van der Waals surface area (Å²) < 4.78 is 6.23. The Balaban J connectivity index is 1.41. The molecule has 0 bridgehead atoms. The van der Waals surface area contributed by atoms with Crippen LogP contribution in [0, 0.1) is 13.8 Å². The Morgan fingerprint density at radius 3 is 3.04 bits per heavy atom. The molecular weight excluding hydrogens is 328 g/mol. The zero-order valence-corrected chi connectivity index (χ0v) is 15.4. The van der Waals surface area contributed by atoms with Gasteiger partial charge in [0.2, 0.25) is 0 Å². The van der Waals surface area contributed by atoms with E-state index in [1.54, 1.807) is 6.07 Å². The number of likely N-dealkylation sites (tertiary alicyclic amines) is 1. The molecule has 1 aromatic carbocycles. The van der Waals surface area contributed by atoms with Crippen molar-refractivity contribution in [3.8, 4) is 0 Å². The lowest BCUT2D eigenvalue weighted by Crippen LogP contribution is -2.50. The lowest BCUT2D eigenvalue weighted by Gasteiger charge is -2.39. The SMILES string of the molecule is Cc1cccc(N[C@H]2CO[C@@]3(CCCN(C(=O)c4cc(C)[nH]n4)C3)C2)c1. The predicted molar refractivity (Wildman–Crippen MR) is 100 cm³/mol. The van der Waals surface area contributed by atoms with E-state index >= 15 is 0 Å². The van der Waals surface area contributed by atoms with Crippen molar-refractivity contribution in [1.29, 1.82) is 0 Å². The number of aromatic nitrogens is 2. The van der Waals surface area contributed by atoms with E-state index in [1.165, 1.54) is 5.56 Å². The highest BCUT2D eigenvalue weighted by Gasteiger charge is 2.44. The maximum absolute atomic E-state index is 12.7. The molecule has 2 aliphatic rings. The Bertz CT molecular complexity index is 803. The number of piperidine rings is 1. The number of hydrogen-bond donors (Lipinski definition) is 2. The molecule has 0 radical (unpaired) electrons. The highest BCUT2D eigenvalue weighted by atomic mass is 16.5. The zero-order chi connectivity index (χ0) is 18.1. The van der Waals surface area contributed by atoms with Crippen molar-refractivity contribution in [2.75, 3.05) is 25.0 Å². The van der Waals surface area contributed by atoms with Gasteiger partial charge in [0.1, 0.15) is 5.69 Å². The van der Waals surface area contributed by atoms with Gasteiger partial charge in [-0.3, -0.25) is 9.89 Å². The number of rotatable bonds is 3. The summed E-state index contributed by atoms with van der Waals surface area (Å²) in [5, 5.41) is 10.6. The van der Waals surface area contributed by atoms with Crippen molar-refractivity contribution in [1.82, 2.24) is 15.1 Å². The fourth-order valence-electron chi connectivity index (χ4n) is 4.15. The molecule has 6 nitrogen and oxygen atoms in total. The molecule has 4 rings (SSSR count). The smallest absolute Gasteiger partial charge is 0.274 e. The number of carbonyl (C=O) groups is 1. The minimum absolute atomic E-state index is 0.00730. The molecule has 3 heterocycles. The van der Waals surface area contributed by atoms with Gasteiger partial charge in [0.05, 0.1) is 24.8 Å². The second-order valence-corrected chi connectivity index (χ2v) is 7.68. The van der Waals surface area contributed by atoms with E-state index < -0.39 is 0 Å². The molecule has 2 atom stereocenters. The highest BCUT2D eigenvalue weighted by Crippen LogP contribution is 2.36. The van der Waals surface area contributed by atoms with Crippen LogP contribution < -0.4 is 5.32 Å². The van der Waals surface area contributed by atoms with Crippen molar-refractivity contribution >= 4 is 11.6 Å². The molecule has 1 aromatic heterocycles. The first-order valence-electron chi connectivity index (χ1n) is 9.31. The predicted octanol–water partition coefficient (Wildman–Crippen LogP) is 2.90. The van der Waals surface area contributed by atoms with Crippen LogP contribution >= 0.6 is 0 Å². The van der Waals surface area contributed by atoms with Crippen molar-refractivity contribution in [3.63, 3.8) is 0 Å². The summed E-state index contributed by atoms with van der Waals surface area (Å²) in [4.78, 5) is 14.6. The number of nitrogens with zero attached hydrogens (tertiary/aromatic N) is 2. The number of anilines is 1. The minimum atomic E-state index is -0.235. The van der Waals surface area contributed by atoms with E-state index in [0.717, 1.165) is 37.2 Å². The number of H-pyrrole nitrogens is 1. The molecule has 1 amide bonds. The number of hydrogen-bond acceptors (Lipinski definition) is 4. The molecule has 0 unspecified atom stereocenters. The number of nitrogens with one attached hydrogen (secondary N) is 2. The zero-order valence-electron chi connectivity index (χ0n) is 15.4. The third-order valence-electron chi connectivity index (χ3n) is 5.35. The van der Waals surface area contributed by atoms with Crippen LogP contribution in [0.2, 0.25) is 0 Å². The molecule has 2 saturated heterocycles. The average Bonchev–Trinajstić information content (AvgIpc) is 3.21. The lowest BCUT2D eigenvalue weighted by molar-refractivity contribution is -0.0448. The van der Waals surface area contributed by atoms with Gasteiger partial charge in [-0.05, 0) is 50.5 Å². The molecule has 1 spiro atoms. The van der Waals surface area contributed by atoms with E-state index in [-0.39, 0.29) is 17.6 Å². The minimum Gasteiger partial charge on any atom is -0.380 e. The Kier molecular flexibility index (Phi) is 4.44. The van der Waals surface area contributed by atoms with Gasteiger partial charge in [-0.15, -0.1) is 0 Å². The summed E-state index contributed by atoms with van der Waals surface area (Å²) in [6.07, 6.45) is 2.89. The molecule has 2 N–H and O–H groups in total. The van der Waals surface area contributed by atoms with Crippen molar-refractivity contribution in [2.24, 2.45) is 0 Å². The number of ether oxygens (including phenoxy) is 1. The Morgan fingerprint density at radius 1 is 1.38 bits per heavy atom. The lowest BCUT2D eigenvalue weighted by atomic mass is 9.88. The Hall–Kier alpha value is -2.34. The number of aromatic amines is 1. The first kappa shape index (κ1) is 17.1. The second kappa shape index (κ2) is 6.76. The largest absolute Gasteiger partial charge is 0.380 e. The molecule has 2 fully saturated rings. The average molecular weight is 354 g/mol. The summed E-state index contributed by atoms with van der Waals surface area (Å²) >= 11 is 0. The molecule has 6 heteroatoms. The number of aryl methyl sites for hydroxylation is 2. The van der Waals surface area contributed by atoms with Gasteiger partial charge in [-0.2, -0.15) is 5.10 Å². The van der Waals surface area contributed by atoms with Crippen LogP contribution in [0.1, 0.15) is 41.0 Å². The van der Waals surface area contributed by atoms with Crippen molar-refractivity contribution < 1.29 is 9.53 Å². The van der Waals surface area contributed by atoms with Crippen LogP contribution in [0.5, 0.6) is 0 Å². The van der Waals surface area contributed by atoms with Crippen molar-refractivity contribution in [3.05, 3.63) is 47.3 Å². The Labute approximate surface area is 153 Å². The second-order valence-electron chi connectivity index (χ2n) is 7.68. The number of benzene rings is 1. The molecule has 2 aliphatic heterocycles. The third kappa shape index (κ3) is 3.46. The van der Waals surface area contributed by atoms with Gasteiger partial charge < -0.3 is 15.0 Å². The van der Waals surface area contributed by atoms with E-state index in [9.17, 15) is 4.79 Å². The molecular formula is C20H26N4O2. The van der Waals surface area contributed by atoms with Crippen molar-refractivity contribution in [2.45, 2.75) is 44.8 Å². The topological polar surface area (TPSA) is 70.2 Å². The summed E-state index contributed by atoms with van der Waals surface area (Å²) in [5.74, 6) is -0.00730. The number of amides is 1. The van der Waals surface area contributed by atoms with Gasteiger partial charge in [0, 0.05) is 24.3 Å². The quantitative estimate of drug-likeness (QED) is 0.889. The van der Waals surface area contributed by atoms with Gasteiger partial charge in [0.25, 0.3) is 5.91 Å². The Morgan fingerprint density at radius 2 is 2.27 bits per heavy atom. The van der Waals surface area contributed by atoms with Crippen LogP contribution in [0.15, 0.2) is 30.3 Å². The maximum Gasteiger partial charge on any atom is 0.274 e. The van der Waals surface area contributed by atoms with Gasteiger partial charge in [0.15, 0.2) is 0 Å². The summed E-state index contributed by atoms with van der Waals surface area (Å²) in [6, 6.07) is 10.5. The fourth-order valence-corrected chi connectivity index (χ4v) is 4.15. The molecule has 0 saturated carbocycles. The number of carbonyl (C=O) groups excluding carboxylic acids is 1. The highest BCUT2D eigenvalue weighted by molar-refractivity contribution is 5.92. The van der Waals surface area contributed by atoms with Crippen LogP contribution in [0.3, 0.4) is 0 Å². The van der Waals surface area contributed by atoms with Gasteiger partial charge in [-0.25, -0.2) is 0 Å². The van der Waals surface area contributed by atoms with E-state index in [1.807, 2.05) is 11.8 Å². The standard InChI is InChI=1S/C20H26N4O2/c1-14-5-3-6-16(9-14)21-17-11-20(26-12-17)7-4-8-24(13-20)19(25)18-10-15(2)22-23-18/h3,5-6,9-10,17,21H,4,7-8,11-13H2,1-2H3,(H,22,23)/t17-,20+/m1/s1. The molecule has 2 aromatic rings. The maximum atomic E-state index is 12.7. The van der Waals surface area contributed by atoms with Gasteiger partial charge in [-0.1, -0.05) is 12.1 Å². The first-order chi connectivity index (χ1) is 12.5. The normalized spacial score (nSPS) is 25.6.